The number of rotatable bonds is 8. The fourth-order valence-corrected chi connectivity index (χ4v) is 3.62. The molecule has 0 unspecified atom stereocenters. The van der Waals surface area contributed by atoms with Gasteiger partial charge in [-0.25, -0.2) is 9.37 Å². The van der Waals surface area contributed by atoms with E-state index in [0.29, 0.717) is 0 Å². The van der Waals surface area contributed by atoms with Crippen molar-refractivity contribution in [2.75, 3.05) is 20.1 Å². The lowest BCUT2D eigenvalue weighted by Crippen LogP contribution is -2.22. The Bertz CT molecular complexity index is 845. The van der Waals surface area contributed by atoms with Crippen molar-refractivity contribution in [1.29, 1.82) is 0 Å². The third-order valence-corrected chi connectivity index (χ3v) is 5.41. The molecule has 0 amide bonds. The molecule has 1 aliphatic rings. The van der Waals surface area contributed by atoms with E-state index in [2.05, 4.69) is 53.9 Å². The van der Waals surface area contributed by atoms with Crippen molar-refractivity contribution in [1.82, 2.24) is 14.5 Å². The van der Waals surface area contributed by atoms with E-state index in [-0.39, 0.29) is 5.82 Å². The summed E-state index contributed by atoms with van der Waals surface area (Å²) in [4.78, 5) is 7.34. The summed E-state index contributed by atoms with van der Waals surface area (Å²) in [6.07, 6.45) is 6.96. The number of imidazole rings is 1. The molecule has 4 rings (SSSR count). The number of aryl methyl sites for hydroxylation is 2. The van der Waals surface area contributed by atoms with Crippen molar-refractivity contribution in [3.05, 3.63) is 71.8 Å². The first kappa shape index (κ1) is 18.9. The van der Waals surface area contributed by atoms with Crippen LogP contribution in [0.15, 0.2) is 54.7 Å². The molecule has 4 heteroatoms. The zero-order valence-electron chi connectivity index (χ0n) is 16.7. The first-order valence-corrected chi connectivity index (χ1v) is 10.2. The molecule has 0 aliphatic heterocycles. The molecular formula is C24H28FN3. The van der Waals surface area contributed by atoms with Crippen LogP contribution in [0.2, 0.25) is 0 Å². The van der Waals surface area contributed by atoms with Gasteiger partial charge in [-0.3, -0.25) is 4.57 Å². The lowest BCUT2D eigenvalue weighted by molar-refractivity contribution is 0.316. The molecule has 1 aromatic heterocycles. The summed E-state index contributed by atoms with van der Waals surface area (Å²) < 4.78 is 15.5. The van der Waals surface area contributed by atoms with Crippen molar-refractivity contribution in [2.45, 2.75) is 32.6 Å². The number of nitrogens with zero attached hydrogens (tertiary/aromatic N) is 3. The first-order chi connectivity index (χ1) is 13.6. The van der Waals surface area contributed by atoms with Gasteiger partial charge in [-0.05, 0) is 88.5 Å². The van der Waals surface area contributed by atoms with E-state index in [1.165, 1.54) is 37.1 Å². The maximum absolute atomic E-state index is 13.4. The average Bonchev–Trinajstić information content (AvgIpc) is 3.39. The van der Waals surface area contributed by atoms with Gasteiger partial charge in [0.1, 0.15) is 11.6 Å². The number of aromatic nitrogens is 2. The number of halogens is 1. The van der Waals surface area contributed by atoms with Crippen LogP contribution in [0.4, 0.5) is 4.39 Å². The predicted octanol–water partition coefficient (Wildman–Crippen LogP) is 5.26. The molecular weight excluding hydrogens is 349 g/mol. The minimum Gasteiger partial charge on any atom is -0.306 e. The zero-order valence-corrected chi connectivity index (χ0v) is 16.7. The van der Waals surface area contributed by atoms with Crippen LogP contribution < -0.4 is 0 Å². The molecule has 28 heavy (non-hydrogen) atoms. The van der Waals surface area contributed by atoms with Crippen molar-refractivity contribution in [3.63, 3.8) is 0 Å². The largest absolute Gasteiger partial charge is 0.306 e. The van der Waals surface area contributed by atoms with Crippen LogP contribution in [-0.2, 0) is 6.42 Å². The minimum absolute atomic E-state index is 0.226. The number of hydrogen-bond acceptors (Lipinski definition) is 2. The van der Waals surface area contributed by atoms with E-state index in [1.54, 1.807) is 12.1 Å². The Kier molecular flexibility index (Phi) is 5.58. The van der Waals surface area contributed by atoms with Gasteiger partial charge in [0.05, 0.1) is 5.69 Å². The second-order valence-electron chi connectivity index (χ2n) is 8.08. The van der Waals surface area contributed by atoms with Gasteiger partial charge in [0.15, 0.2) is 0 Å². The molecule has 0 radical (unpaired) electrons. The molecule has 3 aromatic rings. The highest BCUT2D eigenvalue weighted by Crippen LogP contribution is 2.29. The van der Waals surface area contributed by atoms with Crippen LogP contribution in [0.5, 0.6) is 0 Å². The van der Waals surface area contributed by atoms with E-state index in [4.69, 9.17) is 4.98 Å². The molecule has 0 saturated heterocycles. The summed E-state index contributed by atoms with van der Waals surface area (Å²) >= 11 is 0. The summed E-state index contributed by atoms with van der Waals surface area (Å²) in [5.41, 5.74) is 4.32. The lowest BCUT2D eigenvalue weighted by atomic mass is 10.2. The van der Waals surface area contributed by atoms with E-state index < -0.39 is 0 Å². The maximum atomic E-state index is 13.4. The van der Waals surface area contributed by atoms with Gasteiger partial charge in [-0.15, -0.1) is 0 Å². The van der Waals surface area contributed by atoms with E-state index >= 15 is 0 Å². The highest BCUT2D eigenvalue weighted by atomic mass is 19.1. The zero-order chi connectivity index (χ0) is 19.5. The van der Waals surface area contributed by atoms with Gasteiger partial charge in [0, 0.05) is 24.0 Å². The van der Waals surface area contributed by atoms with Crippen molar-refractivity contribution >= 4 is 0 Å². The van der Waals surface area contributed by atoms with Crippen LogP contribution in [0, 0.1) is 18.7 Å². The molecule has 1 saturated carbocycles. The van der Waals surface area contributed by atoms with Crippen LogP contribution in [0.1, 0.15) is 30.5 Å². The lowest BCUT2D eigenvalue weighted by Gasteiger charge is -2.15. The summed E-state index contributed by atoms with van der Waals surface area (Å²) in [6, 6.07) is 15.0. The summed E-state index contributed by atoms with van der Waals surface area (Å²) in [6.45, 7) is 4.40. The van der Waals surface area contributed by atoms with E-state index in [9.17, 15) is 4.39 Å². The Hall–Kier alpha value is -2.46. The van der Waals surface area contributed by atoms with Gasteiger partial charge >= 0.3 is 0 Å². The minimum atomic E-state index is -0.226. The van der Waals surface area contributed by atoms with Gasteiger partial charge < -0.3 is 4.90 Å². The van der Waals surface area contributed by atoms with Crippen LogP contribution in [0.3, 0.4) is 0 Å². The topological polar surface area (TPSA) is 21.1 Å². The van der Waals surface area contributed by atoms with Gasteiger partial charge in [0.25, 0.3) is 0 Å². The number of hydrogen-bond donors (Lipinski definition) is 0. The average molecular weight is 378 g/mol. The summed E-state index contributed by atoms with van der Waals surface area (Å²) in [5, 5.41) is 0. The first-order valence-electron chi connectivity index (χ1n) is 10.2. The predicted molar refractivity (Wildman–Crippen MR) is 112 cm³/mol. The third kappa shape index (κ3) is 4.68. The van der Waals surface area contributed by atoms with E-state index in [1.807, 2.05) is 0 Å². The Morgan fingerprint density at radius 1 is 1.07 bits per heavy atom. The molecule has 0 N–H and O–H groups in total. The van der Waals surface area contributed by atoms with Gasteiger partial charge in [0.2, 0.25) is 0 Å². The quantitative estimate of drug-likeness (QED) is 0.534. The highest BCUT2D eigenvalue weighted by molar-refractivity contribution is 5.59. The molecule has 3 nitrogen and oxygen atoms in total. The second-order valence-corrected chi connectivity index (χ2v) is 8.08. The fourth-order valence-electron chi connectivity index (χ4n) is 3.62. The van der Waals surface area contributed by atoms with Crippen molar-refractivity contribution < 1.29 is 4.39 Å². The maximum Gasteiger partial charge on any atom is 0.144 e. The summed E-state index contributed by atoms with van der Waals surface area (Å²) in [7, 11) is 2.22. The SMILES string of the molecule is Cc1ccc(-n2cc(CCCN(C)CC3CC3)nc2-c2ccc(F)cc2)cc1. The molecule has 2 aromatic carbocycles. The molecule has 1 heterocycles. The second kappa shape index (κ2) is 8.27. The molecule has 1 aliphatic carbocycles. The molecule has 0 atom stereocenters. The molecule has 0 bridgehead atoms. The standard InChI is InChI=1S/C24H28FN3/c1-18-5-13-23(14-6-18)28-17-22(4-3-15-27(2)16-19-7-8-19)26-24(28)20-9-11-21(25)12-10-20/h5-6,9-14,17,19H,3-4,7-8,15-16H2,1-2H3. The monoisotopic (exact) mass is 377 g/mol. The molecule has 1 fully saturated rings. The Balaban J connectivity index is 1.54. The summed E-state index contributed by atoms with van der Waals surface area (Å²) in [5.74, 6) is 1.57. The Labute approximate surface area is 166 Å². The van der Waals surface area contributed by atoms with E-state index in [0.717, 1.165) is 48.1 Å². The van der Waals surface area contributed by atoms with Gasteiger partial charge in [-0.2, -0.15) is 0 Å². The van der Waals surface area contributed by atoms with Crippen LogP contribution in [0.25, 0.3) is 17.1 Å². The third-order valence-electron chi connectivity index (χ3n) is 5.41. The Morgan fingerprint density at radius 3 is 2.46 bits per heavy atom. The van der Waals surface area contributed by atoms with Crippen LogP contribution >= 0.6 is 0 Å². The van der Waals surface area contributed by atoms with Gasteiger partial charge in [-0.1, -0.05) is 17.7 Å². The Morgan fingerprint density at radius 2 is 1.79 bits per heavy atom. The number of benzene rings is 2. The van der Waals surface area contributed by atoms with Crippen molar-refractivity contribution in [3.8, 4) is 17.1 Å². The van der Waals surface area contributed by atoms with Crippen LogP contribution in [-0.4, -0.2) is 34.6 Å². The fraction of sp³-hybridized carbons (Fsp3) is 0.375. The molecule has 146 valence electrons. The molecule has 0 spiro atoms. The smallest absolute Gasteiger partial charge is 0.144 e. The van der Waals surface area contributed by atoms with Crippen molar-refractivity contribution in [2.24, 2.45) is 5.92 Å². The normalized spacial score (nSPS) is 14.0. The highest BCUT2D eigenvalue weighted by Gasteiger charge is 2.22.